The Kier molecular flexibility index (Phi) is 7.49. The highest BCUT2D eigenvalue weighted by Gasteiger charge is 2.27. The molecule has 1 saturated carbocycles. The van der Waals surface area contributed by atoms with Crippen LogP contribution in [0.2, 0.25) is 10.0 Å². The molecule has 38 heavy (non-hydrogen) atoms. The lowest BCUT2D eigenvalue weighted by atomic mass is 9.85. The second-order valence-electron chi connectivity index (χ2n) is 9.61. The third-order valence-electron chi connectivity index (χ3n) is 6.99. The maximum absolute atomic E-state index is 13.6. The van der Waals surface area contributed by atoms with E-state index in [2.05, 4.69) is 15.3 Å². The Morgan fingerprint density at radius 2 is 1.89 bits per heavy atom. The van der Waals surface area contributed by atoms with Crippen LogP contribution < -0.4 is 11.0 Å². The number of aromatic nitrogens is 4. The minimum atomic E-state index is -2.88. The molecule has 1 fully saturated rings. The number of halogens is 4. The van der Waals surface area contributed by atoms with Gasteiger partial charge in [-0.25, -0.2) is 23.1 Å². The van der Waals surface area contributed by atoms with E-state index in [0.29, 0.717) is 35.7 Å². The summed E-state index contributed by atoms with van der Waals surface area (Å²) in [6.07, 6.45) is 2.69. The van der Waals surface area contributed by atoms with Gasteiger partial charge in [0.05, 0.1) is 26.8 Å². The lowest BCUT2D eigenvalue weighted by Crippen LogP contribution is -2.39. The van der Waals surface area contributed by atoms with Gasteiger partial charge in [0.2, 0.25) is 0 Å². The summed E-state index contributed by atoms with van der Waals surface area (Å²) in [5, 5.41) is 3.44. The summed E-state index contributed by atoms with van der Waals surface area (Å²) in [4.78, 5) is 34.4. The summed E-state index contributed by atoms with van der Waals surface area (Å²) >= 11 is 12.4. The van der Waals surface area contributed by atoms with Gasteiger partial charge < -0.3 is 5.32 Å². The maximum atomic E-state index is 13.6. The number of alkyl halides is 2. The highest BCUT2D eigenvalue weighted by Crippen LogP contribution is 2.29. The largest absolute Gasteiger partial charge is 0.349 e. The molecule has 11 heteroatoms. The number of carbonyl (C=O) groups excluding carboxylic acids is 1. The molecule has 0 spiro atoms. The van der Waals surface area contributed by atoms with E-state index in [-0.39, 0.29) is 28.2 Å². The standard InChI is InChI=1S/C27H25Cl2F2N5O2/c1-15-4-9-21(20(29)11-15)36-25-22(3-2-10-32-25)35(27(36)38)14-16-5-7-18(8-6-16)34-26(37)19-12-17(28)13-33-23(19)24(30)31/h2-4,9-13,16,18,24H,5-8,14H2,1H3,(H,34,37)/t16-,18-. The third-order valence-corrected chi connectivity index (χ3v) is 7.50. The molecule has 0 unspecified atom stereocenters. The number of carbonyl (C=O) groups is 1. The van der Waals surface area contributed by atoms with Gasteiger partial charge in [-0.2, -0.15) is 0 Å². The molecule has 198 valence electrons. The first kappa shape index (κ1) is 26.3. The highest BCUT2D eigenvalue weighted by atomic mass is 35.5. The van der Waals surface area contributed by atoms with E-state index in [1.54, 1.807) is 21.4 Å². The van der Waals surface area contributed by atoms with Crippen molar-refractivity contribution in [2.45, 2.75) is 51.6 Å². The van der Waals surface area contributed by atoms with E-state index >= 15 is 0 Å². The molecule has 4 aromatic rings. The Bertz CT molecular complexity index is 1560. The average Bonchev–Trinajstić information content (AvgIpc) is 3.16. The van der Waals surface area contributed by atoms with Crippen molar-refractivity contribution in [2.75, 3.05) is 0 Å². The highest BCUT2D eigenvalue weighted by molar-refractivity contribution is 6.32. The average molecular weight is 560 g/mol. The molecule has 1 aliphatic rings. The van der Waals surface area contributed by atoms with Gasteiger partial charge in [0.25, 0.3) is 12.3 Å². The number of pyridine rings is 2. The number of rotatable bonds is 6. The molecule has 0 saturated heterocycles. The zero-order valence-corrected chi connectivity index (χ0v) is 22.0. The Labute approximate surface area is 227 Å². The van der Waals surface area contributed by atoms with E-state index in [1.165, 1.54) is 6.07 Å². The molecule has 1 amide bonds. The number of amides is 1. The van der Waals surface area contributed by atoms with Crippen LogP contribution in [0.4, 0.5) is 8.78 Å². The fraction of sp³-hybridized carbons (Fsp3) is 0.333. The third kappa shape index (κ3) is 5.17. The van der Waals surface area contributed by atoms with Crippen molar-refractivity contribution < 1.29 is 13.6 Å². The van der Waals surface area contributed by atoms with Gasteiger partial charge in [0.1, 0.15) is 5.69 Å². The van der Waals surface area contributed by atoms with Crippen molar-refractivity contribution in [1.29, 1.82) is 0 Å². The Morgan fingerprint density at radius 1 is 1.13 bits per heavy atom. The Balaban J connectivity index is 1.31. The van der Waals surface area contributed by atoms with E-state index < -0.39 is 18.0 Å². The van der Waals surface area contributed by atoms with Crippen LogP contribution in [0, 0.1) is 12.8 Å². The van der Waals surface area contributed by atoms with Crippen LogP contribution in [0.25, 0.3) is 16.9 Å². The molecule has 3 heterocycles. The Morgan fingerprint density at radius 3 is 2.61 bits per heavy atom. The minimum Gasteiger partial charge on any atom is -0.349 e. The molecular formula is C27H25Cl2F2N5O2. The van der Waals surface area contributed by atoms with Gasteiger partial charge >= 0.3 is 5.69 Å². The number of hydrogen-bond acceptors (Lipinski definition) is 4. The summed E-state index contributed by atoms with van der Waals surface area (Å²) in [5.41, 5.74) is 1.81. The Hall–Kier alpha value is -3.30. The fourth-order valence-electron chi connectivity index (χ4n) is 5.09. The summed E-state index contributed by atoms with van der Waals surface area (Å²) in [7, 11) is 0. The normalized spacial score (nSPS) is 17.7. The molecule has 3 aromatic heterocycles. The topological polar surface area (TPSA) is 81.8 Å². The lowest BCUT2D eigenvalue weighted by Gasteiger charge is -2.29. The van der Waals surface area contributed by atoms with Gasteiger partial charge in [0.15, 0.2) is 5.65 Å². The molecule has 1 N–H and O–H groups in total. The number of imidazole rings is 1. The second kappa shape index (κ2) is 10.8. The quantitative estimate of drug-likeness (QED) is 0.308. The van der Waals surface area contributed by atoms with E-state index in [0.717, 1.165) is 30.1 Å². The number of fused-ring (bicyclic) bond motifs is 1. The molecule has 5 rings (SSSR count). The predicted octanol–water partition coefficient (Wildman–Crippen LogP) is 6.12. The predicted molar refractivity (Wildman–Crippen MR) is 142 cm³/mol. The van der Waals surface area contributed by atoms with Crippen molar-refractivity contribution in [3.8, 4) is 5.69 Å². The zero-order valence-electron chi connectivity index (χ0n) is 20.5. The molecule has 0 aliphatic heterocycles. The first-order chi connectivity index (χ1) is 18.2. The van der Waals surface area contributed by atoms with Crippen LogP contribution in [0.5, 0.6) is 0 Å². The molecule has 0 atom stereocenters. The van der Waals surface area contributed by atoms with Crippen molar-refractivity contribution in [2.24, 2.45) is 5.92 Å². The smallest absolute Gasteiger partial charge is 0.335 e. The van der Waals surface area contributed by atoms with Gasteiger partial charge in [-0.05, 0) is 74.4 Å². The van der Waals surface area contributed by atoms with Gasteiger partial charge in [0, 0.05) is 25.0 Å². The maximum Gasteiger partial charge on any atom is 0.335 e. The van der Waals surface area contributed by atoms with Crippen LogP contribution >= 0.6 is 23.2 Å². The van der Waals surface area contributed by atoms with Crippen LogP contribution in [0.3, 0.4) is 0 Å². The lowest BCUT2D eigenvalue weighted by molar-refractivity contribution is 0.0904. The van der Waals surface area contributed by atoms with E-state index in [9.17, 15) is 18.4 Å². The summed E-state index contributed by atoms with van der Waals surface area (Å²) in [5.74, 6) is -0.419. The molecule has 0 radical (unpaired) electrons. The number of nitrogens with zero attached hydrogens (tertiary/aromatic N) is 4. The van der Waals surface area contributed by atoms with Crippen molar-refractivity contribution in [3.05, 3.63) is 86.1 Å². The first-order valence-corrected chi connectivity index (χ1v) is 13.1. The molecule has 7 nitrogen and oxygen atoms in total. The number of hydrogen-bond donors (Lipinski definition) is 1. The molecule has 0 bridgehead atoms. The number of aryl methyl sites for hydroxylation is 1. The van der Waals surface area contributed by atoms with Crippen LogP contribution in [-0.2, 0) is 6.54 Å². The molecular weight excluding hydrogens is 535 g/mol. The first-order valence-electron chi connectivity index (χ1n) is 12.3. The summed E-state index contributed by atoms with van der Waals surface area (Å²) < 4.78 is 29.9. The van der Waals surface area contributed by atoms with Crippen molar-refractivity contribution in [3.63, 3.8) is 0 Å². The zero-order chi connectivity index (χ0) is 27.0. The van der Waals surface area contributed by atoms with Crippen molar-refractivity contribution in [1.82, 2.24) is 24.4 Å². The van der Waals surface area contributed by atoms with Crippen LogP contribution in [0.1, 0.15) is 53.7 Å². The van der Waals surface area contributed by atoms with Crippen LogP contribution in [-0.4, -0.2) is 31.1 Å². The van der Waals surface area contributed by atoms with E-state index in [4.69, 9.17) is 23.2 Å². The van der Waals surface area contributed by atoms with Gasteiger partial charge in [-0.3, -0.25) is 14.3 Å². The second-order valence-corrected chi connectivity index (χ2v) is 10.5. The van der Waals surface area contributed by atoms with Gasteiger partial charge in [-0.1, -0.05) is 29.3 Å². The number of nitrogens with one attached hydrogen (secondary N) is 1. The fourth-order valence-corrected chi connectivity index (χ4v) is 5.57. The van der Waals surface area contributed by atoms with Crippen LogP contribution in [0.15, 0.2) is 53.6 Å². The van der Waals surface area contributed by atoms with Crippen molar-refractivity contribution >= 4 is 40.3 Å². The monoisotopic (exact) mass is 559 g/mol. The molecule has 1 aromatic carbocycles. The van der Waals surface area contributed by atoms with E-state index in [1.807, 2.05) is 31.2 Å². The summed E-state index contributed by atoms with van der Waals surface area (Å²) in [6.45, 7) is 2.42. The molecule has 1 aliphatic carbocycles. The number of benzene rings is 1. The minimum absolute atomic E-state index is 0.120. The SMILES string of the molecule is Cc1ccc(-n2c(=O)n(C[C@H]3CC[C@H](NC(=O)c4cc(Cl)cnc4C(F)F)CC3)c3cccnc32)c(Cl)c1. The van der Waals surface area contributed by atoms with Gasteiger partial charge in [-0.15, -0.1) is 0 Å². The summed E-state index contributed by atoms with van der Waals surface area (Å²) in [6, 6.07) is 10.2.